The van der Waals surface area contributed by atoms with Gasteiger partial charge in [-0.25, -0.2) is 4.98 Å². The first-order valence-electron chi connectivity index (χ1n) is 10.7. The fourth-order valence-electron chi connectivity index (χ4n) is 3.89. The molecule has 1 aliphatic carbocycles. The second-order valence-electron chi connectivity index (χ2n) is 8.02. The van der Waals surface area contributed by atoms with E-state index < -0.39 is 0 Å². The summed E-state index contributed by atoms with van der Waals surface area (Å²) in [6, 6.07) is 7.86. The van der Waals surface area contributed by atoms with Gasteiger partial charge in [-0.1, -0.05) is 43.0 Å². The van der Waals surface area contributed by atoms with Crippen LogP contribution in [0.4, 0.5) is 5.69 Å². The Labute approximate surface area is 190 Å². The molecule has 0 fully saturated rings. The molecule has 162 valence electrons. The van der Waals surface area contributed by atoms with Crippen LogP contribution in [0.2, 0.25) is 0 Å². The van der Waals surface area contributed by atoms with Crippen molar-refractivity contribution < 1.29 is 4.79 Å². The third-order valence-electron chi connectivity index (χ3n) is 5.45. The number of aromatic nitrogens is 2. The molecule has 1 N–H and O–H groups in total. The molecule has 0 saturated carbocycles. The van der Waals surface area contributed by atoms with Crippen LogP contribution in [0, 0.1) is 0 Å². The van der Waals surface area contributed by atoms with E-state index in [4.69, 9.17) is 4.98 Å². The number of nitrogens with zero attached hydrogens (tertiary/aromatic N) is 2. The van der Waals surface area contributed by atoms with Gasteiger partial charge in [-0.15, -0.1) is 11.3 Å². The summed E-state index contributed by atoms with van der Waals surface area (Å²) in [7, 11) is 0. The fourth-order valence-corrected chi connectivity index (χ4v) is 5.99. The number of hydrogen-bond acceptors (Lipinski definition) is 5. The van der Waals surface area contributed by atoms with E-state index in [0.29, 0.717) is 11.7 Å². The lowest BCUT2D eigenvalue weighted by atomic mass is 9.97. The van der Waals surface area contributed by atoms with Crippen LogP contribution >= 0.6 is 23.1 Å². The van der Waals surface area contributed by atoms with Crippen LogP contribution in [-0.2, 0) is 30.6 Å². The number of rotatable bonds is 7. The number of thiophene rings is 1. The van der Waals surface area contributed by atoms with Crippen LogP contribution in [0.1, 0.15) is 42.7 Å². The first-order chi connectivity index (χ1) is 15.0. The highest BCUT2D eigenvalue weighted by Gasteiger charge is 2.22. The average molecular weight is 454 g/mol. The van der Waals surface area contributed by atoms with E-state index in [1.54, 1.807) is 15.9 Å². The molecule has 0 unspecified atom stereocenters. The van der Waals surface area contributed by atoms with Gasteiger partial charge in [0.2, 0.25) is 5.91 Å². The lowest BCUT2D eigenvalue weighted by molar-refractivity contribution is -0.113. The highest BCUT2D eigenvalue weighted by Crippen LogP contribution is 2.34. The molecule has 3 aromatic rings. The minimum Gasteiger partial charge on any atom is -0.325 e. The summed E-state index contributed by atoms with van der Waals surface area (Å²) in [6.45, 7) is 8.39. The van der Waals surface area contributed by atoms with Gasteiger partial charge in [0.1, 0.15) is 4.83 Å². The van der Waals surface area contributed by atoms with Crippen LogP contribution in [0.15, 0.2) is 46.4 Å². The van der Waals surface area contributed by atoms with E-state index in [9.17, 15) is 9.59 Å². The number of carbonyl (C=O) groups excluding carboxylic acids is 1. The van der Waals surface area contributed by atoms with Crippen molar-refractivity contribution in [2.75, 3.05) is 11.1 Å². The van der Waals surface area contributed by atoms with Gasteiger partial charge in [0.25, 0.3) is 5.56 Å². The van der Waals surface area contributed by atoms with Crippen molar-refractivity contribution in [3.05, 3.63) is 62.8 Å². The van der Waals surface area contributed by atoms with Crippen LogP contribution in [0.25, 0.3) is 10.2 Å². The molecule has 2 aromatic heterocycles. The zero-order valence-electron chi connectivity index (χ0n) is 18.0. The molecule has 0 radical (unpaired) electrons. The molecule has 4 rings (SSSR count). The van der Waals surface area contributed by atoms with E-state index in [-0.39, 0.29) is 17.2 Å². The molecular formula is C24H27N3O2S2. The number of benzene rings is 1. The molecule has 5 nitrogen and oxygen atoms in total. The first-order valence-corrected chi connectivity index (χ1v) is 12.5. The number of anilines is 1. The highest BCUT2D eigenvalue weighted by atomic mass is 32.2. The Morgan fingerprint density at radius 3 is 2.71 bits per heavy atom. The molecule has 0 atom stereocenters. The van der Waals surface area contributed by atoms with Crippen LogP contribution in [0.5, 0.6) is 0 Å². The molecule has 0 bridgehead atoms. The zero-order chi connectivity index (χ0) is 22.0. The van der Waals surface area contributed by atoms with E-state index in [1.807, 2.05) is 31.2 Å². The molecule has 1 aromatic carbocycles. The Kier molecular flexibility index (Phi) is 6.62. The summed E-state index contributed by atoms with van der Waals surface area (Å²) in [4.78, 5) is 32.8. The fraction of sp³-hybridized carbons (Fsp3) is 0.375. The molecule has 1 amide bonds. The minimum atomic E-state index is -0.115. The lowest BCUT2D eigenvalue weighted by Gasteiger charge is -2.13. The summed E-state index contributed by atoms with van der Waals surface area (Å²) in [6.07, 6.45) is 5.23. The lowest BCUT2D eigenvalue weighted by Crippen LogP contribution is -2.25. The largest absolute Gasteiger partial charge is 0.325 e. The quantitative estimate of drug-likeness (QED) is 0.303. The van der Waals surface area contributed by atoms with Crippen molar-refractivity contribution in [3.8, 4) is 0 Å². The Balaban J connectivity index is 1.59. The number of allylic oxidation sites excluding steroid dienone is 1. The van der Waals surface area contributed by atoms with Gasteiger partial charge in [-0.3, -0.25) is 14.2 Å². The van der Waals surface area contributed by atoms with Gasteiger partial charge in [0, 0.05) is 17.1 Å². The standard InChI is InChI=1S/C24H27N3O2S2/c1-4-16-9-11-17(12-10-16)25-20(28)14-30-24-26-22-21(23(29)27(24)13-15(2)3)18-7-5-6-8-19(18)31-22/h9-12H,2,4-8,13-14H2,1,3H3,(H,25,28). The Morgan fingerprint density at radius 2 is 2.00 bits per heavy atom. The number of aryl methyl sites for hydroxylation is 3. The number of amides is 1. The van der Waals surface area contributed by atoms with Crippen molar-refractivity contribution in [2.24, 2.45) is 0 Å². The van der Waals surface area contributed by atoms with Crippen molar-refractivity contribution in [1.82, 2.24) is 9.55 Å². The second kappa shape index (κ2) is 9.40. The van der Waals surface area contributed by atoms with Crippen LogP contribution in [0.3, 0.4) is 0 Å². The Morgan fingerprint density at radius 1 is 1.26 bits per heavy atom. The van der Waals surface area contributed by atoms with Crippen molar-refractivity contribution in [2.45, 2.75) is 57.7 Å². The van der Waals surface area contributed by atoms with Gasteiger partial charge < -0.3 is 5.32 Å². The molecule has 0 saturated heterocycles. The Bertz CT molecular complexity index is 1190. The van der Waals surface area contributed by atoms with Crippen LogP contribution in [-0.4, -0.2) is 21.2 Å². The third-order valence-corrected chi connectivity index (χ3v) is 7.61. The maximum atomic E-state index is 13.4. The summed E-state index contributed by atoms with van der Waals surface area (Å²) in [5, 5.41) is 4.27. The molecule has 1 aliphatic rings. The second-order valence-corrected chi connectivity index (χ2v) is 10.0. The van der Waals surface area contributed by atoms with E-state index in [2.05, 4.69) is 18.8 Å². The monoisotopic (exact) mass is 453 g/mol. The van der Waals surface area contributed by atoms with Crippen molar-refractivity contribution in [3.63, 3.8) is 0 Å². The van der Waals surface area contributed by atoms with Gasteiger partial charge in [-0.05, 0) is 62.3 Å². The predicted octanol–water partition coefficient (Wildman–Crippen LogP) is 5.21. The number of fused-ring (bicyclic) bond motifs is 3. The average Bonchev–Trinajstić information content (AvgIpc) is 3.13. The van der Waals surface area contributed by atoms with E-state index in [0.717, 1.165) is 47.2 Å². The van der Waals surface area contributed by atoms with Gasteiger partial charge in [-0.2, -0.15) is 0 Å². The number of carbonyl (C=O) groups is 1. The van der Waals surface area contributed by atoms with Gasteiger partial charge in [0.15, 0.2) is 5.16 Å². The summed E-state index contributed by atoms with van der Waals surface area (Å²) in [5.74, 6) is 0.0744. The molecule has 31 heavy (non-hydrogen) atoms. The maximum absolute atomic E-state index is 13.4. The van der Waals surface area contributed by atoms with Gasteiger partial charge >= 0.3 is 0 Å². The number of nitrogens with one attached hydrogen (secondary N) is 1. The molecule has 0 spiro atoms. The van der Waals surface area contributed by atoms with Crippen molar-refractivity contribution in [1.29, 1.82) is 0 Å². The molecular weight excluding hydrogens is 426 g/mol. The van der Waals surface area contributed by atoms with E-state index >= 15 is 0 Å². The number of thioether (sulfide) groups is 1. The normalized spacial score (nSPS) is 13.2. The minimum absolute atomic E-state index is 0.00883. The predicted molar refractivity (Wildman–Crippen MR) is 131 cm³/mol. The number of hydrogen-bond donors (Lipinski definition) is 1. The van der Waals surface area contributed by atoms with Crippen molar-refractivity contribution >= 4 is 44.9 Å². The Hall–Kier alpha value is -2.38. The molecule has 7 heteroatoms. The van der Waals surface area contributed by atoms with E-state index in [1.165, 1.54) is 34.2 Å². The summed E-state index contributed by atoms with van der Waals surface area (Å²) in [5.41, 5.74) is 4.06. The van der Waals surface area contributed by atoms with Crippen LogP contribution < -0.4 is 10.9 Å². The molecule has 0 aliphatic heterocycles. The smallest absolute Gasteiger partial charge is 0.263 e. The third kappa shape index (κ3) is 4.77. The topological polar surface area (TPSA) is 64.0 Å². The maximum Gasteiger partial charge on any atom is 0.263 e. The highest BCUT2D eigenvalue weighted by molar-refractivity contribution is 7.99. The summed E-state index contributed by atoms with van der Waals surface area (Å²) >= 11 is 2.94. The SMILES string of the molecule is C=C(C)Cn1c(SCC(=O)Nc2ccc(CC)cc2)nc2sc3c(c2c1=O)CCCC3. The zero-order valence-corrected chi connectivity index (χ0v) is 19.6. The summed E-state index contributed by atoms with van der Waals surface area (Å²) < 4.78 is 1.68. The molecule has 2 heterocycles. The first kappa shape index (κ1) is 21.8. The van der Waals surface area contributed by atoms with Gasteiger partial charge in [0.05, 0.1) is 11.1 Å².